The van der Waals surface area contributed by atoms with Gasteiger partial charge in [-0.15, -0.1) is 0 Å². The average Bonchev–Trinajstić information content (AvgIpc) is 2.42. The lowest BCUT2D eigenvalue weighted by atomic mass is 10.2. The van der Waals surface area contributed by atoms with Crippen LogP contribution < -0.4 is 16.2 Å². The number of pyridine rings is 1. The van der Waals surface area contributed by atoms with E-state index in [1.165, 1.54) is 29.8 Å². The first-order valence-electron chi connectivity index (χ1n) is 6.31. The lowest BCUT2D eigenvalue weighted by molar-refractivity contribution is -0.114. The lowest BCUT2D eigenvalue weighted by Gasteiger charge is -2.08. The van der Waals surface area contributed by atoms with Crippen molar-refractivity contribution in [2.45, 2.75) is 6.92 Å². The second-order valence-corrected chi connectivity index (χ2v) is 4.58. The molecule has 1 aromatic heterocycles. The number of rotatable bonds is 3. The van der Waals surface area contributed by atoms with Gasteiger partial charge < -0.3 is 15.2 Å². The van der Waals surface area contributed by atoms with Gasteiger partial charge in [-0.2, -0.15) is 0 Å². The Bertz CT molecular complexity index is 750. The molecular weight excluding hydrogens is 270 g/mol. The largest absolute Gasteiger partial charge is 0.326 e. The van der Waals surface area contributed by atoms with Crippen LogP contribution in [0.1, 0.15) is 17.3 Å². The summed E-state index contributed by atoms with van der Waals surface area (Å²) >= 11 is 0. The fourth-order valence-electron chi connectivity index (χ4n) is 1.81. The van der Waals surface area contributed by atoms with Crippen LogP contribution in [0.3, 0.4) is 0 Å². The second-order valence-electron chi connectivity index (χ2n) is 4.58. The summed E-state index contributed by atoms with van der Waals surface area (Å²) in [5, 5.41) is 5.31. The normalized spacial score (nSPS) is 10.0. The summed E-state index contributed by atoms with van der Waals surface area (Å²) in [6.45, 7) is 1.40. The number of carbonyl (C=O) groups is 2. The van der Waals surface area contributed by atoms with Crippen LogP contribution in [-0.4, -0.2) is 16.4 Å². The summed E-state index contributed by atoms with van der Waals surface area (Å²) in [4.78, 5) is 34.4. The minimum Gasteiger partial charge on any atom is -0.326 e. The Labute approximate surface area is 121 Å². The predicted octanol–water partition coefficient (Wildman–Crippen LogP) is 1.60. The van der Waals surface area contributed by atoms with Crippen LogP contribution in [0.25, 0.3) is 0 Å². The summed E-state index contributed by atoms with van der Waals surface area (Å²) in [6.07, 6.45) is 1.54. The number of nitrogens with zero attached hydrogens (tertiary/aromatic N) is 1. The quantitative estimate of drug-likeness (QED) is 0.898. The third-order valence-electron chi connectivity index (χ3n) is 2.79. The summed E-state index contributed by atoms with van der Waals surface area (Å²) < 4.78 is 1.38. The second kappa shape index (κ2) is 6.04. The van der Waals surface area contributed by atoms with Crippen LogP contribution >= 0.6 is 0 Å². The van der Waals surface area contributed by atoms with E-state index in [-0.39, 0.29) is 17.4 Å². The van der Waals surface area contributed by atoms with Crippen molar-refractivity contribution in [2.75, 3.05) is 10.6 Å². The van der Waals surface area contributed by atoms with E-state index in [9.17, 15) is 14.4 Å². The van der Waals surface area contributed by atoms with E-state index in [1.807, 2.05) is 0 Å². The number of amides is 2. The van der Waals surface area contributed by atoms with Gasteiger partial charge in [0.2, 0.25) is 11.5 Å². The van der Waals surface area contributed by atoms with E-state index in [0.717, 1.165) is 0 Å². The van der Waals surface area contributed by atoms with Crippen LogP contribution in [0, 0.1) is 0 Å². The van der Waals surface area contributed by atoms with E-state index < -0.39 is 0 Å². The molecule has 0 saturated carbocycles. The van der Waals surface area contributed by atoms with Crippen molar-refractivity contribution >= 4 is 23.2 Å². The maximum Gasteiger partial charge on any atom is 0.255 e. The Morgan fingerprint density at radius 3 is 2.48 bits per heavy atom. The van der Waals surface area contributed by atoms with E-state index in [4.69, 9.17) is 0 Å². The molecule has 0 aliphatic heterocycles. The maximum atomic E-state index is 12.1. The first-order chi connectivity index (χ1) is 9.95. The number of benzene rings is 1. The Hall–Kier alpha value is -2.89. The summed E-state index contributed by atoms with van der Waals surface area (Å²) in [5.41, 5.74) is 1.33. The van der Waals surface area contributed by atoms with Crippen LogP contribution in [0.4, 0.5) is 11.4 Å². The summed E-state index contributed by atoms with van der Waals surface area (Å²) in [6, 6.07) is 9.52. The zero-order chi connectivity index (χ0) is 15.4. The Morgan fingerprint density at radius 2 is 1.81 bits per heavy atom. The highest BCUT2D eigenvalue weighted by atomic mass is 16.2. The van der Waals surface area contributed by atoms with Gasteiger partial charge in [0, 0.05) is 37.5 Å². The molecule has 1 heterocycles. The molecule has 0 aliphatic rings. The molecule has 0 unspecified atom stereocenters. The number of aromatic nitrogens is 1. The third kappa shape index (κ3) is 3.79. The van der Waals surface area contributed by atoms with Crippen molar-refractivity contribution in [3.05, 3.63) is 58.5 Å². The van der Waals surface area contributed by atoms with Crippen molar-refractivity contribution in [1.82, 2.24) is 4.57 Å². The molecule has 0 aliphatic carbocycles. The molecule has 0 spiro atoms. The number of anilines is 2. The topological polar surface area (TPSA) is 80.2 Å². The smallest absolute Gasteiger partial charge is 0.255 e. The number of nitrogens with one attached hydrogen (secondary N) is 2. The summed E-state index contributed by atoms with van der Waals surface area (Å²) in [7, 11) is 1.61. The zero-order valence-electron chi connectivity index (χ0n) is 11.7. The monoisotopic (exact) mass is 285 g/mol. The molecule has 6 heteroatoms. The fourth-order valence-corrected chi connectivity index (χ4v) is 1.81. The highest BCUT2D eigenvalue weighted by Gasteiger charge is 2.08. The standard InChI is InChI=1S/C15H15N3O3/c1-10(19)16-12-5-3-4-11(8-12)15(21)17-13-6-7-14(20)18(2)9-13/h3-9H,1-2H3,(H,16,19)(H,17,21). The van der Waals surface area contributed by atoms with Gasteiger partial charge in [-0.05, 0) is 24.3 Å². The van der Waals surface area contributed by atoms with E-state index >= 15 is 0 Å². The number of aryl methyl sites for hydroxylation is 1. The van der Waals surface area contributed by atoms with Gasteiger partial charge in [0.15, 0.2) is 0 Å². The fraction of sp³-hybridized carbons (Fsp3) is 0.133. The number of hydrogen-bond donors (Lipinski definition) is 2. The summed E-state index contributed by atoms with van der Waals surface area (Å²) in [5.74, 6) is -0.522. The molecule has 2 amide bonds. The highest BCUT2D eigenvalue weighted by molar-refractivity contribution is 6.05. The predicted molar refractivity (Wildman–Crippen MR) is 80.4 cm³/mol. The Kier molecular flexibility index (Phi) is 4.18. The van der Waals surface area contributed by atoms with Crippen molar-refractivity contribution < 1.29 is 9.59 Å². The molecule has 0 bridgehead atoms. The van der Waals surface area contributed by atoms with Gasteiger partial charge in [0.05, 0.1) is 5.69 Å². The van der Waals surface area contributed by atoms with Crippen molar-refractivity contribution in [2.24, 2.45) is 7.05 Å². The third-order valence-corrected chi connectivity index (χ3v) is 2.79. The first kappa shape index (κ1) is 14.5. The molecule has 1 aromatic carbocycles. The molecule has 108 valence electrons. The van der Waals surface area contributed by atoms with Gasteiger partial charge >= 0.3 is 0 Å². The Balaban J connectivity index is 2.18. The molecule has 2 rings (SSSR count). The molecule has 0 atom stereocenters. The van der Waals surface area contributed by atoms with Gasteiger partial charge in [0.1, 0.15) is 0 Å². The molecule has 0 fully saturated rings. The van der Waals surface area contributed by atoms with E-state index in [2.05, 4.69) is 10.6 Å². The van der Waals surface area contributed by atoms with Gasteiger partial charge in [-0.25, -0.2) is 0 Å². The van der Waals surface area contributed by atoms with Gasteiger partial charge in [0.25, 0.3) is 5.91 Å². The number of carbonyl (C=O) groups excluding carboxylic acids is 2. The first-order valence-corrected chi connectivity index (χ1v) is 6.31. The van der Waals surface area contributed by atoms with E-state index in [0.29, 0.717) is 16.9 Å². The molecule has 0 saturated heterocycles. The average molecular weight is 285 g/mol. The van der Waals surface area contributed by atoms with E-state index in [1.54, 1.807) is 31.3 Å². The minimum atomic E-state index is -0.319. The van der Waals surface area contributed by atoms with Gasteiger partial charge in [-0.3, -0.25) is 14.4 Å². The number of hydrogen-bond acceptors (Lipinski definition) is 3. The molecule has 2 N–H and O–H groups in total. The van der Waals surface area contributed by atoms with Crippen molar-refractivity contribution in [1.29, 1.82) is 0 Å². The molecule has 2 aromatic rings. The molecule has 6 nitrogen and oxygen atoms in total. The maximum absolute atomic E-state index is 12.1. The minimum absolute atomic E-state index is 0.152. The highest BCUT2D eigenvalue weighted by Crippen LogP contribution is 2.13. The molecule has 21 heavy (non-hydrogen) atoms. The van der Waals surface area contributed by atoms with Crippen LogP contribution in [0.15, 0.2) is 47.4 Å². The molecule has 0 radical (unpaired) electrons. The Morgan fingerprint density at radius 1 is 1.05 bits per heavy atom. The van der Waals surface area contributed by atoms with Crippen LogP contribution in [0.5, 0.6) is 0 Å². The zero-order valence-corrected chi connectivity index (χ0v) is 11.7. The SMILES string of the molecule is CC(=O)Nc1cccc(C(=O)Nc2ccc(=O)n(C)c2)c1. The molecular formula is C15H15N3O3. The van der Waals surface area contributed by atoms with Crippen LogP contribution in [-0.2, 0) is 11.8 Å². The lowest BCUT2D eigenvalue weighted by Crippen LogP contribution is -2.18. The van der Waals surface area contributed by atoms with Crippen molar-refractivity contribution in [3.63, 3.8) is 0 Å². The van der Waals surface area contributed by atoms with Gasteiger partial charge in [-0.1, -0.05) is 6.07 Å². The van der Waals surface area contributed by atoms with Crippen LogP contribution in [0.2, 0.25) is 0 Å². The van der Waals surface area contributed by atoms with Crippen molar-refractivity contribution in [3.8, 4) is 0 Å².